The van der Waals surface area contributed by atoms with Gasteiger partial charge in [-0.3, -0.25) is 9.59 Å². The highest BCUT2D eigenvalue weighted by Gasteiger charge is 2.34. The van der Waals surface area contributed by atoms with E-state index in [-0.39, 0.29) is 29.1 Å². The third kappa shape index (κ3) is 4.13. The zero-order valence-corrected chi connectivity index (χ0v) is 18.0. The van der Waals surface area contributed by atoms with Crippen molar-refractivity contribution in [2.75, 3.05) is 7.11 Å². The zero-order valence-electron chi connectivity index (χ0n) is 17.2. The second-order valence-corrected chi connectivity index (χ2v) is 7.86. The Morgan fingerprint density at radius 2 is 1.97 bits per heavy atom. The van der Waals surface area contributed by atoms with Gasteiger partial charge in [-0.1, -0.05) is 23.7 Å². The van der Waals surface area contributed by atoms with Crippen molar-refractivity contribution in [3.05, 3.63) is 87.7 Å². The van der Waals surface area contributed by atoms with E-state index in [0.29, 0.717) is 40.8 Å². The third-order valence-electron chi connectivity index (χ3n) is 5.47. The van der Waals surface area contributed by atoms with Crippen LogP contribution in [0.3, 0.4) is 0 Å². The van der Waals surface area contributed by atoms with Crippen LogP contribution >= 0.6 is 11.6 Å². The molecule has 1 atom stereocenters. The SMILES string of the molecule is COc1ccccc1C(=O)N(Cc1cnc(C(N)=O)nc1)[C@@H]1CCc2c(F)cc(Cl)cc21. The van der Waals surface area contributed by atoms with Gasteiger partial charge in [-0.05, 0) is 48.2 Å². The third-order valence-corrected chi connectivity index (χ3v) is 5.69. The Morgan fingerprint density at radius 1 is 1.25 bits per heavy atom. The van der Waals surface area contributed by atoms with E-state index in [4.69, 9.17) is 22.1 Å². The van der Waals surface area contributed by atoms with Crippen molar-refractivity contribution >= 4 is 23.4 Å². The first-order valence-corrected chi connectivity index (χ1v) is 10.3. The number of benzene rings is 2. The van der Waals surface area contributed by atoms with Gasteiger partial charge in [-0.2, -0.15) is 0 Å². The number of methoxy groups -OCH3 is 1. The van der Waals surface area contributed by atoms with Gasteiger partial charge in [-0.15, -0.1) is 0 Å². The van der Waals surface area contributed by atoms with E-state index in [1.165, 1.54) is 25.6 Å². The summed E-state index contributed by atoms with van der Waals surface area (Å²) in [7, 11) is 1.49. The Bertz CT molecular complexity index is 1190. The summed E-state index contributed by atoms with van der Waals surface area (Å²) in [6.07, 6.45) is 3.91. The summed E-state index contributed by atoms with van der Waals surface area (Å²) in [5.74, 6) is -1.10. The predicted octanol–water partition coefficient (Wildman–Crippen LogP) is 3.71. The molecular formula is C23H20ClFN4O3. The van der Waals surface area contributed by atoms with Gasteiger partial charge >= 0.3 is 0 Å². The number of halogens is 2. The van der Waals surface area contributed by atoms with Gasteiger partial charge < -0.3 is 15.4 Å². The van der Waals surface area contributed by atoms with E-state index in [0.717, 1.165) is 0 Å². The van der Waals surface area contributed by atoms with Crippen LogP contribution in [-0.4, -0.2) is 33.8 Å². The van der Waals surface area contributed by atoms with Crippen molar-refractivity contribution in [1.82, 2.24) is 14.9 Å². The van der Waals surface area contributed by atoms with Crippen LogP contribution < -0.4 is 10.5 Å². The highest BCUT2D eigenvalue weighted by atomic mass is 35.5. The molecule has 4 rings (SSSR count). The summed E-state index contributed by atoms with van der Waals surface area (Å²) < 4.78 is 19.9. The molecule has 0 aliphatic heterocycles. The van der Waals surface area contributed by atoms with Crippen molar-refractivity contribution < 1.29 is 18.7 Å². The van der Waals surface area contributed by atoms with E-state index in [1.807, 2.05) is 0 Å². The number of carbonyl (C=O) groups is 2. The fourth-order valence-electron chi connectivity index (χ4n) is 4.00. The van der Waals surface area contributed by atoms with Crippen LogP contribution in [0.1, 0.15) is 50.1 Å². The maximum Gasteiger partial charge on any atom is 0.286 e. The van der Waals surface area contributed by atoms with E-state index >= 15 is 0 Å². The normalized spacial score (nSPS) is 14.7. The summed E-state index contributed by atoms with van der Waals surface area (Å²) in [4.78, 5) is 34.5. The van der Waals surface area contributed by atoms with Gasteiger partial charge in [0.25, 0.3) is 11.8 Å². The Kier molecular flexibility index (Phi) is 6.05. The molecule has 7 nitrogen and oxygen atoms in total. The highest BCUT2D eigenvalue weighted by Crippen LogP contribution is 2.40. The second kappa shape index (κ2) is 8.92. The largest absolute Gasteiger partial charge is 0.496 e. The number of hydrogen-bond donors (Lipinski definition) is 1. The number of primary amides is 1. The number of para-hydroxylation sites is 1. The lowest BCUT2D eigenvalue weighted by Crippen LogP contribution is -2.34. The predicted molar refractivity (Wildman–Crippen MR) is 116 cm³/mol. The number of aromatic nitrogens is 2. The number of amides is 2. The second-order valence-electron chi connectivity index (χ2n) is 7.42. The molecule has 1 aromatic heterocycles. The Labute approximate surface area is 189 Å². The van der Waals surface area contributed by atoms with Crippen LogP contribution in [0.4, 0.5) is 4.39 Å². The standard InChI is InChI=1S/C23H20ClFN4O3/c1-32-20-5-3-2-4-16(20)23(31)29(12-13-10-27-22(21(26)30)28-11-13)19-7-6-15-17(19)8-14(24)9-18(15)25/h2-5,8-11,19H,6-7,12H2,1H3,(H2,26,30)/t19-/m1/s1. The maximum atomic E-state index is 14.5. The minimum absolute atomic E-state index is 0.114. The zero-order chi connectivity index (χ0) is 22.8. The van der Waals surface area contributed by atoms with Gasteiger partial charge in [0.05, 0.1) is 18.7 Å². The smallest absolute Gasteiger partial charge is 0.286 e. The monoisotopic (exact) mass is 454 g/mol. The average molecular weight is 455 g/mol. The van der Waals surface area contributed by atoms with Crippen molar-refractivity contribution in [3.63, 3.8) is 0 Å². The molecule has 0 fully saturated rings. The molecule has 1 heterocycles. The summed E-state index contributed by atoms with van der Waals surface area (Å²) in [6.45, 7) is 0.133. The lowest BCUT2D eigenvalue weighted by atomic mass is 10.0. The van der Waals surface area contributed by atoms with Crippen molar-refractivity contribution in [1.29, 1.82) is 0 Å². The number of hydrogen-bond acceptors (Lipinski definition) is 5. The molecule has 0 saturated heterocycles. The molecule has 0 saturated carbocycles. The minimum Gasteiger partial charge on any atom is -0.496 e. The van der Waals surface area contributed by atoms with Crippen molar-refractivity contribution in [2.45, 2.75) is 25.4 Å². The summed E-state index contributed by atoms with van der Waals surface area (Å²) in [6, 6.07) is 9.48. The molecule has 1 aliphatic rings. The topological polar surface area (TPSA) is 98.4 Å². The first-order valence-electron chi connectivity index (χ1n) is 9.91. The van der Waals surface area contributed by atoms with E-state index in [2.05, 4.69) is 9.97 Å². The lowest BCUT2D eigenvalue weighted by Gasteiger charge is -2.30. The number of nitrogens with two attached hydrogens (primary N) is 1. The van der Waals surface area contributed by atoms with Crippen molar-refractivity contribution in [2.24, 2.45) is 5.73 Å². The Hall–Kier alpha value is -3.52. The summed E-state index contributed by atoms with van der Waals surface area (Å²) >= 11 is 6.12. The molecular weight excluding hydrogens is 435 g/mol. The molecule has 1 aliphatic carbocycles. The molecule has 0 radical (unpaired) electrons. The number of rotatable bonds is 6. The van der Waals surface area contributed by atoms with Gasteiger partial charge in [-0.25, -0.2) is 14.4 Å². The quantitative estimate of drug-likeness (QED) is 0.612. The van der Waals surface area contributed by atoms with Gasteiger partial charge in [0.15, 0.2) is 0 Å². The number of nitrogens with zero attached hydrogens (tertiary/aromatic N) is 3. The molecule has 2 amide bonds. The van der Waals surface area contributed by atoms with Crippen LogP contribution in [0.2, 0.25) is 5.02 Å². The molecule has 0 unspecified atom stereocenters. The van der Waals surface area contributed by atoms with Crippen LogP contribution in [0.15, 0.2) is 48.8 Å². The molecule has 0 spiro atoms. The Balaban J connectivity index is 1.76. The first kappa shape index (κ1) is 21.7. The molecule has 0 bridgehead atoms. The van der Waals surface area contributed by atoms with E-state index in [1.54, 1.807) is 35.2 Å². The minimum atomic E-state index is -0.742. The van der Waals surface area contributed by atoms with E-state index in [9.17, 15) is 14.0 Å². The number of ether oxygens (including phenoxy) is 1. The van der Waals surface area contributed by atoms with Crippen LogP contribution in [0, 0.1) is 5.82 Å². The fraction of sp³-hybridized carbons (Fsp3) is 0.217. The lowest BCUT2D eigenvalue weighted by molar-refractivity contribution is 0.0654. The Morgan fingerprint density at radius 3 is 2.66 bits per heavy atom. The van der Waals surface area contributed by atoms with Crippen LogP contribution in [-0.2, 0) is 13.0 Å². The average Bonchev–Trinajstić information content (AvgIpc) is 3.21. The molecule has 164 valence electrons. The van der Waals surface area contributed by atoms with Crippen molar-refractivity contribution in [3.8, 4) is 5.75 Å². The highest BCUT2D eigenvalue weighted by molar-refractivity contribution is 6.30. The van der Waals surface area contributed by atoms with Crippen LogP contribution in [0.5, 0.6) is 5.75 Å². The number of carbonyl (C=O) groups excluding carboxylic acids is 2. The molecule has 2 N–H and O–H groups in total. The van der Waals surface area contributed by atoms with E-state index < -0.39 is 11.9 Å². The molecule has 32 heavy (non-hydrogen) atoms. The molecule has 2 aromatic carbocycles. The van der Waals surface area contributed by atoms with Gasteiger partial charge in [0.1, 0.15) is 11.6 Å². The maximum absolute atomic E-state index is 14.5. The van der Waals surface area contributed by atoms with Gasteiger partial charge in [0.2, 0.25) is 5.82 Å². The number of fused-ring (bicyclic) bond motifs is 1. The molecule has 3 aromatic rings. The van der Waals surface area contributed by atoms with Gasteiger partial charge in [0, 0.05) is 29.5 Å². The molecule has 9 heteroatoms. The summed E-state index contributed by atoms with van der Waals surface area (Å²) in [5.41, 5.74) is 7.41. The summed E-state index contributed by atoms with van der Waals surface area (Å²) in [5, 5.41) is 0.270. The first-order chi connectivity index (χ1) is 15.4. The fourth-order valence-corrected chi connectivity index (χ4v) is 4.22. The van der Waals surface area contributed by atoms with Crippen LogP contribution in [0.25, 0.3) is 0 Å².